The first kappa shape index (κ1) is 13.1. The van der Waals surface area contributed by atoms with E-state index in [1.165, 1.54) is 0 Å². The number of phenolic OH excluding ortho intramolecular Hbond substituents is 1. The van der Waals surface area contributed by atoms with Crippen LogP contribution in [0.3, 0.4) is 0 Å². The van der Waals surface area contributed by atoms with Crippen molar-refractivity contribution in [2.24, 2.45) is 0 Å². The predicted molar refractivity (Wildman–Crippen MR) is 72.8 cm³/mol. The third-order valence-corrected chi connectivity index (χ3v) is 2.76. The van der Waals surface area contributed by atoms with Gasteiger partial charge < -0.3 is 10.4 Å². The van der Waals surface area contributed by atoms with Crippen LogP contribution < -0.4 is 5.32 Å². The van der Waals surface area contributed by atoms with Gasteiger partial charge in [0.15, 0.2) is 0 Å². The van der Waals surface area contributed by atoms with Gasteiger partial charge in [-0.2, -0.15) is 0 Å². The Morgan fingerprint density at radius 2 is 1.95 bits per heavy atom. The SMILES string of the molecule is O=C(Cc1cccnc1)NCCc1ccc(O)cc1. The van der Waals surface area contributed by atoms with Gasteiger partial charge in [0, 0.05) is 18.9 Å². The molecular weight excluding hydrogens is 240 g/mol. The molecule has 4 heteroatoms. The predicted octanol–water partition coefficient (Wildman–Crippen LogP) is 1.69. The monoisotopic (exact) mass is 256 g/mol. The van der Waals surface area contributed by atoms with E-state index in [2.05, 4.69) is 10.3 Å². The van der Waals surface area contributed by atoms with Crippen LogP contribution >= 0.6 is 0 Å². The smallest absolute Gasteiger partial charge is 0.224 e. The molecule has 4 nitrogen and oxygen atoms in total. The van der Waals surface area contributed by atoms with E-state index < -0.39 is 0 Å². The molecule has 0 radical (unpaired) electrons. The highest BCUT2D eigenvalue weighted by Crippen LogP contribution is 2.09. The summed E-state index contributed by atoms with van der Waals surface area (Å²) in [6.45, 7) is 0.587. The molecule has 0 bridgehead atoms. The molecule has 0 saturated carbocycles. The zero-order valence-corrected chi connectivity index (χ0v) is 10.5. The second kappa shape index (κ2) is 6.54. The van der Waals surface area contributed by atoms with Gasteiger partial charge in [0.1, 0.15) is 5.75 Å². The van der Waals surface area contributed by atoms with Crippen molar-refractivity contribution >= 4 is 5.91 Å². The van der Waals surface area contributed by atoms with Crippen molar-refractivity contribution in [2.75, 3.05) is 6.54 Å². The first-order chi connectivity index (χ1) is 9.24. The summed E-state index contributed by atoms with van der Waals surface area (Å²) >= 11 is 0. The van der Waals surface area contributed by atoms with Crippen molar-refractivity contribution in [1.82, 2.24) is 10.3 Å². The van der Waals surface area contributed by atoms with Gasteiger partial charge in [0.2, 0.25) is 5.91 Å². The van der Waals surface area contributed by atoms with Crippen molar-refractivity contribution < 1.29 is 9.90 Å². The number of phenols is 1. The number of carbonyl (C=O) groups excluding carboxylic acids is 1. The van der Waals surface area contributed by atoms with Gasteiger partial charge in [-0.3, -0.25) is 9.78 Å². The van der Waals surface area contributed by atoms with Crippen molar-refractivity contribution in [3.8, 4) is 5.75 Å². The van der Waals surface area contributed by atoms with Crippen LogP contribution in [-0.4, -0.2) is 22.5 Å². The first-order valence-electron chi connectivity index (χ1n) is 6.17. The Bertz CT molecular complexity index is 524. The average molecular weight is 256 g/mol. The van der Waals surface area contributed by atoms with Crippen molar-refractivity contribution in [1.29, 1.82) is 0 Å². The number of hydrogen-bond acceptors (Lipinski definition) is 3. The van der Waals surface area contributed by atoms with Gasteiger partial charge in [0.25, 0.3) is 0 Å². The van der Waals surface area contributed by atoms with Crippen molar-refractivity contribution in [3.05, 3.63) is 59.9 Å². The number of nitrogens with one attached hydrogen (secondary N) is 1. The Labute approximate surface area is 112 Å². The number of carbonyl (C=O) groups is 1. The minimum Gasteiger partial charge on any atom is -0.508 e. The minimum absolute atomic E-state index is 0.00761. The topological polar surface area (TPSA) is 62.2 Å². The highest BCUT2D eigenvalue weighted by atomic mass is 16.3. The van der Waals surface area contributed by atoms with E-state index in [1.54, 1.807) is 24.5 Å². The van der Waals surface area contributed by atoms with Crippen LogP contribution in [0.1, 0.15) is 11.1 Å². The summed E-state index contributed by atoms with van der Waals surface area (Å²) in [5, 5.41) is 12.0. The van der Waals surface area contributed by atoms with Crippen LogP contribution in [0, 0.1) is 0 Å². The maximum Gasteiger partial charge on any atom is 0.224 e. The molecule has 2 rings (SSSR count). The van der Waals surface area contributed by atoms with Crippen LogP contribution in [0.4, 0.5) is 0 Å². The molecule has 0 saturated heterocycles. The summed E-state index contributed by atoms with van der Waals surface area (Å²) in [5.41, 5.74) is 1.99. The van der Waals surface area contributed by atoms with Crippen LogP contribution in [0.15, 0.2) is 48.8 Å². The third kappa shape index (κ3) is 4.43. The fraction of sp³-hybridized carbons (Fsp3) is 0.200. The lowest BCUT2D eigenvalue weighted by molar-refractivity contribution is -0.120. The second-order valence-electron chi connectivity index (χ2n) is 4.30. The maximum absolute atomic E-state index is 11.7. The van der Waals surface area contributed by atoms with E-state index in [-0.39, 0.29) is 11.7 Å². The summed E-state index contributed by atoms with van der Waals surface area (Å²) in [4.78, 5) is 15.6. The van der Waals surface area contributed by atoms with E-state index in [9.17, 15) is 4.79 Å². The minimum atomic E-state index is -0.00761. The fourth-order valence-electron chi connectivity index (χ4n) is 1.76. The first-order valence-corrected chi connectivity index (χ1v) is 6.17. The lowest BCUT2D eigenvalue weighted by atomic mass is 10.1. The zero-order valence-electron chi connectivity index (χ0n) is 10.5. The fourth-order valence-corrected chi connectivity index (χ4v) is 1.76. The molecule has 98 valence electrons. The highest BCUT2D eigenvalue weighted by molar-refractivity contribution is 5.78. The summed E-state index contributed by atoms with van der Waals surface area (Å²) in [5.74, 6) is 0.246. The summed E-state index contributed by atoms with van der Waals surface area (Å²) < 4.78 is 0. The van der Waals surface area contributed by atoms with Crippen LogP contribution in [0.5, 0.6) is 5.75 Å². The van der Waals surface area contributed by atoms with Crippen LogP contribution in [0.25, 0.3) is 0 Å². The highest BCUT2D eigenvalue weighted by Gasteiger charge is 2.02. The largest absolute Gasteiger partial charge is 0.508 e. The van der Waals surface area contributed by atoms with Gasteiger partial charge in [0.05, 0.1) is 6.42 Å². The number of aromatic nitrogens is 1. The number of nitrogens with zero attached hydrogens (tertiary/aromatic N) is 1. The summed E-state index contributed by atoms with van der Waals surface area (Å²) in [6.07, 6.45) is 4.48. The molecule has 1 heterocycles. The zero-order chi connectivity index (χ0) is 13.5. The molecule has 0 fully saturated rings. The van der Waals surface area contributed by atoms with E-state index in [4.69, 9.17) is 5.11 Å². The van der Waals surface area contributed by atoms with Crippen molar-refractivity contribution in [2.45, 2.75) is 12.8 Å². The van der Waals surface area contributed by atoms with E-state index in [0.717, 1.165) is 17.5 Å². The quantitative estimate of drug-likeness (QED) is 0.855. The van der Waals surface area contributed by atoms with E-state index >= 15 is 0 Å². The standard InChI is InChI=1S/C15H16N2O2/c18-14-5-3-12(4-6-14)7-9-17-15(19)10-13-2-1-8-16-11-13/h1-6,8,11,18H,7,9-10H2,(H,17,19). The molecule has 0 spiro atoms. The van der Waals surface area contributed by atoms with Gasteiger partial charge >= 0.3 is 0 Å². The molecule has 1 amide bonds. The summed E-state index contributed by atoms with van der Waals surface area (Å²) in [7, 11) is 0. The number of hydrogen-bond donors (Lipinski definition) is 2. The van der Waals surface area contributed by atoms with E-state index in [0.29, 0.717) is 13.0 Å². The number of aromatic hydroxyl groups is 1. The Kier molecular flexibility index (Phi) is 4.50. The lowest BCUT2D eigenvalue weighted by Gasteiger charge is -2.05. The van der Waals surface area contributed by atoms with E-state index in [1.807, 2.05) is 24.3 Å². The Morgan fingerprint density at radius 1 is 1.16 bits per heavy atom. The van der Waals surface area contributed by atoms with Crippen molar-refractivity contribution in [3.63, 3.8) is 0 Å². The molecule has 19 heavy (non-hydrogen) atoms. The Balaban J connectivity index is 1.74. The molecule has 0 aliphatic carbocycles. The van der Waals surface area contributed by atoms with Gasteiger partial charge in [-0.15, -0.1) is 0 Å². The summed E-state index contributed by atoms with van der Waals surface area (Å²) in [6, 6.07) is 10.7. The molecule has 0 aliphatic heterocycles. The lowest BCUT2D eigenvalue weighted by Crippen LogP contribution is -2.27. The molecule has 1 aromatic carbocycles. The normalized spacial score (nSPS) is 10.1. The molecule has 2 N–H and O–H groups in total. The number of rotatable bonds is 5. The number of pyridine rings is 1. The molecular formula is C15H16N2O2. The second-order valence-corrected chi connectivity index (χ2v) is 4.30. The van der Waals surface area contributed by atoms with Crippen LogP contribution in [0.2, 0.25) is 0 Å². The van der Waals surface area contributed by atoms with Gasteiger partial charge in [-0.1, -0.05) is 18.2 Å². The number of benzene rings is 1. The average Bonchev–Trinajstić information content (AvgIpc) is 2.42. The molecule has 1 aromatic heterocycles. The maximum atomic E-state index is 11.7. The Hall–Kier alpha value is -2.36. The van der Waals surface area contributed by atoms with Gasteiger partial charge in [-0.05, 0) is 35.7 Å². The molecule has 0 atom stereocenters. The molecule has 0 unspecified atom stereocenters. The third-order valence-electron chi connectivity index (χ3n) is 2.76. The molecule has 0 aliphatic rings. The number of amides is 1. The van der Waals surface area contributed by atoms with Crippen LogP contribution in [-0.2, 0) is 17.6 Å². The molecule has 2 aromatic rings. The Morgan fingerprint density at radius 3 is 2.63 bits per heavy atom. The van der Waals surface area contributed by atoms with Gasteiger partial charge in [-0.25, -0.2) is 0 Å².